The highest BCUT2D eigenvalue weighted by molar-refractivity contribution is 5.95. The molecular formula is C21H24FN5O2. The van der Waals surface area contributed by atoms with Gasteiger partial charge in [0.05, 0.1) is 23.8 Å². The molecule has 152 valence electrons. The minimum atomic E-state index is -0.348. The number of hydrogen-bond donors (Lipinski definition) is 2. The molecule has 1 aromatic heterocycles. The smallest absolute Gasteiger partial charge is 0.254 e. The maximum atomic E-state index is 13.0. The van der Waals surface area contributed by atoms with E-state index in [1.165, 1.54) is 24.3 Å². The number of rotatable bonds is 6. The van der Waals surface area contributed by atoms with Crippen molar-refractivity contribution in [2.24, 2.45) is 0 Å². The highest BCUT2D eigenvalue weighted by atomic mass is 19.1. The first-order valence-corrected chi connectivity index (χ1v) is 9.93. The van der Waals surface area contributed by atoms with E-state index in [1.807, 2.05) is 4.90 Å². The molecular weight excluding hydrogens is 373 g/mol. The molecule has 2 N–H and O–H groups in total. The van der Waals surface area contributed by atoms with Gasteiger partial charge in [0.25, 0.3) is 5.91 Å². The van der Waals surface area contributed by atoms with Crippen molar-refractivity contribution < 1.29 is 14.0 Å². The standard InChI is InChI=1S/C21H24FN5O2/c1-13-23-11-17(21(29)26-16-8-9-16)20(24-13)18-3-2-10-27(18)12-19(28)25-15-6-4-14(22)5-7-15/h4-7,11,16,18H,2-3,8-10,12H2,1H3,(H,25,28)(H,26,29)/t18-/m0/s1. The molecule has 2 amide bonds. The van der Waals surface area contributed by atoms with E-state index in [-0.39, 0.29) is 36.3 Å². The first-order chi connectivity index (χ1) is 14.0. The molecule has 1 aliphatic heterocycles. The quantitative estimate of drug-likeness (QED) is 0.782. The maximum absolute atomic E-state index is 13.0. The van der Waals surface area contributed by atoms with E-state index < -0.39 is 0 Å². The molecule has 2 aromatic rings. The number of halogens is 1. The van der Waals surface area contributed by atoms with Crippen molar-refractivity contribution >= 4 is 17.5 Å². The van der Waals surface area contributed by atoms with Gasteiger partial charge in [-0.1, -0.05) is 0 Å². The number of carbonyl (C=O) groups is 2. The van der Waals surface area contributed by atoms with Gasteiger partial charge in [-0.25, -0.2) is 14.4 Å². The van der Waals surface area contributed by atoms with Crippen molar-refractivity contribution in [3.8, 4) is 0 Å². The van der Waals surface area contributed by atoms with Crippen LogP contribution in [0.2, 0.25) is 0 Å². The Hall–Kier alpha value is -2.87. The molecule has 4 rings (SSSR count). The molecule has 0 bridgehead atoms. The Morgan fingerprint density at radius 3 is 2.69 bits per heavy atom. The lowest BCUT2D eigenvalue weighted by atomic mass is 10.1. The molecule has 1 saturated carbocycles. The summed E-state index contributed by atoms with van der Waals surface area (Å²) in [4.78, 5) is 36.0. The zero-order valence-electron chi connectivity index (χ0n) is 16.3. The second-order valence-corrected chi connectivity index (χ2v) is 7.65. The van der Waals surface area contributed by atoms with Crippen LogP contribution in [0.4, 0.5) is 10.1 Å². The molecule has 1 aromatic carbocycles. The number of nitrogens with one attached hydrogen (secondary N) is 2. The minimum Gasteiger partial charge on any atom is -0.349 e. The van der Waals surface area contributed by atoms with Crippen molar-refractivity contribution in [3.63, 3.8) is 0 Å². The van der Waals surface area contributed by atoms with Crippen molar-refractivity contribution in [2.75, 3.05) is 18.4 Å². The summed E-state index contributed by atoms with van der Waals surface area (Å²) in [5, 5.41) is 5.79. The number of amides is 2. The monoisotopic (exact) mass is 397 g/mol. The van der Waals surface area contributed by atoms with Crippen LogP contribution >= 0.6 is 0 Å². The van der Waals surface area contributed by atoms with Crippen LogP contribution in [0, 0.1) is 12.7 Å². The molecule has 8 heteroatoms. The Morgan fingerprint density at radius 1 is 1.21 bits per heavy atom. The van der Waals surface area contributed by atoms with E-state index >= 15 is 0 Å². The van der Waals surface area contributed by atoms with Crippen molar-refractivity contribution in [1.82, 2.24) is 20.2 Å². The number of likely N-dealkylation sites (tertiary alicyclic amines) is 1. The summed E-state index contributed by atoms with van der Waals surface area (Å²) in [5.74, 6) is -0.0762. The highest BCUT2D eigenvalue weighted by Gasteiger charge is 2.33. The van der Waals surface area contributed by atoms with E-state index in [4.69, 9.17) is 0 Å². The largest absolute Gasteiger partial charge is 0.349 e. The SMILES string of the molecule is Cc1ncc(C(=O)NC2CC2)c([C@@H]2CCCN2CC(=O)Nc2ccc(F)cc2)n1. The van der Waals surface area contributed by atoms with Gasteiger partial charge in [0.1, 0.15) is 11.6 Å². The summed E-state index contributed by atoms with van der Waals surface area (Å²) in [5.41, 5.74) is 1.72. The fourth-order valence-electron chi connectivity index (χ4n) is 3.65. The lowest BCUT2D eigenvalue weighted by Crippen LogP contribution is -2.35. The Labute approximate surface area is 168 Å². The van der Waals surface area contributed by atoms with Crippen molar-refractivity contribution in [3.05, 3.63) is 53.4 Å². The van der Waals surface area contributed by atoms with Crippen LogP contribution in [0.3, 0.4) is 0 Å². The molecule has 0 unspecified atom stereocenters. The summed E-state index contributed by atoms with van der Waals surface area (Å²) < 4.78 is 13.0. The van der Waals surface area contributed by atoms with Crippen LogP contribution in [-0.2, 0) is 4.79 Å². The zero-order chi connectivity index (χ0) is 20.4. The van der Waals surface area contributed by atoms with Gasteiger partial charge in [-0.15, -0.1) is 0 Å². The van der Waals surface area contributed by atoms with E-state index in [0.717, 1.165) is 32.2 Å². The highest BCUT2D eigenvalue weighted by Crippen LogP contribution is 2.33. The maximum Gasteiger partial charge on any atom is 0.254 e. The predicted molar refractivity (Wildman–Crippen MR) is 106 cm³/mol. The third-order valence-electron chi connectivity index (χ3n) is 5.25. The minimum absolute atomic E-state index is 0.115. The Morgan fingerprint density at radius 2 is 1.97 bits per heavy atom. The van der Waals surface area contributed by atoms with Gasteiger partial charge in [0.15, 0.2) is 0 Å². The number of anilines is 1. The Bertz CT molecular complexity index is 914. The normalized spacial score (nSPS) is 19.2. The summed E-state index contributed by atoms with van der Waals surface area (Å²) in [6.45, 7) is 2.72. The number of nitrogens with zero attached hydrogens (tertiary/aromatic N) is 3. The first kappa shape index (κ1) is 19.4. The van der Waals surface area contributed by atoms with Gasteiger partial charge in [-0.3, -0.25) is 14.5 Å². The molecule has 1 aliphatic carbocycles. The summed E-state index contributed by atoms with van der Waals surface area (Å²) in [6.07, 6.45) is 5.34. The fraction of sp³-hybridized carbons (Fsp3) is 0.429. The molecule has 1 saturated heterocycles. The lowest BCUT2D eigenvalue weighted by molar-refractivity contribution is -0.117. The van der Waals surface area contributed by atoms with Crippen LogP contribution in [-0.4, -0.2) is 45.8 Å². The lowest BCUT2D eigenvalue weighted by Gasteiger charge is -2.25. The third-order valence-corrected chi connectivity index (χ3v) is 5.25. The molecule has 29 heavy (non-hydrogen) atoms. The number of aryl methyl sites for hydroxylation is 1. The van der Waals surface area contributed by atoms with E-state index in [1.54, 1.807) is 13.1 Å². The van der Waals surface area contributed by atoms with Gasteiger partial charge in [0.2, 0.25) is 5.91 Å². The second kappa shape index (κ2) is 8.24. The Balaban J connectivity index is 1.49. The molecule has 1 atom stereocenters. The van der Waals surface area contributed by atoms with Crippen LogP contribution in [0.15, 0.2) is 30.5 Å². The van der Waals surface area contributed by atoms with Gasteiger partial charge >= 0.3 is 0 Å². The molecule has 0 radical (unpaired) electrons. The van der Waals surface area contributed by atoms with E-state index in [0.29, 0.717) is 22.8 Å². The van der Waals surface area contributed by atoms with Crippen LogP contribution < -0.4 is 10.6 Å². The predicted octanol–water partition coefficient (Wildman–Crippen LogP) is 2.59. The fourth-order valence-corrected chi connectivity index (χ4v) is 3.65. The topological polar surface area (TPSA) is 87.2 Å². The van der Waals surface area contributed by atoms with Crippen LogP contribution in [0.25, 0.3) is 0 Å². The summed E-state index contributed by atoms with van der Waals surface area (Å²) in [7, 11) is 0. The van der Waals surface area contributed by atoms with Gasteiger partial charge in [0, 0.05) is 17.9 Å². The molecule has 0 spiro atoms. The van der Waals surface area contributed by atoms with E-state index in [9.17, 15) is 14.0 Å². The van der Waals surface area contributed by atoms with Crippen molar-refractivity contribution in [2.45, 2.75) is 44.7 Å². The number of aromatic nitrogens is 2. The number of carbonyl (C=O) groups excluding carboxylic acids is 2. The third kappa shape index (κ3) is 4.76. The molecule has 2 heterocycles. The summed E-state index contributed by atoms with van der Waals surface area (Å²) >= 11 is 0. The van der Waals surface area contributed by atoms with E-state index in [2.05, 4.69) is 20.6 Å². The molecule has 2 aliphatic rings. The average molecular weight is 397 g/mol. The van der Waals surface area contributed by atoms with Crippen molar-refractivity contribution in [1.29, 1.82) is 0 Å². The van der Waals surface area contributed by atoms with Crippen LogP contribution in [0.1, 0.15) is 53.6 Å². The molecule has 2 fully saturated rings. The van der Waals surface area contributed by atoms with Gasteiger partial charge in [-0.2, -0.15) is 0 Å². The second-order valence-electron chi connectivity index (χ2n) is 7.65. The van der Waals surface area contributed by atoms with Crippen LogP contribution in [0.5, 0.6) is 0 Å². The summed E-state index contributed by atoms with van der Waals surface area (Å²) in [6, 6.07) is 5.81. The number of benzene rings is 1. The zero-order valence-corrected chi connectivity index (χ0v) is 16.3. The Kier molecular flexibility index (Phi) is 5.53. The number of hydrogen-bond acceptors (Lipinski definition) is 5. The first-order valence-electron chi connectivity index (χ1n) is 9.93. The van der Waals surface area contributed by atoms with Gasteiger partial charge < -0.3 is 10.6 Å². The van der Waals surface area contributed by atoms with Gasteiger partial charge in [-0.05, 0) is 63.4 Å². The average Bonchev–Trinajstić information content (AvgIpc) is 3.39. The molecule has 7 nitrogen and oxygen atoms in total.